The van der Waals surface area contributed by atoms with Crippen molar-refractivity contribution in [3.05, 3.63) is 36.0 Å². The van der Waals surface area contributed by atoms with Gasteiger partial charge in [0.05, 0.1) is 11.0 Å². The first-order chi connectivity index (χ1) is 9.53. The Balaban J connectivity index is 2.15. The minimum Gasteiger partial charge on any atom is -0.470 e. The molecule has 0 amide bonds. The lowest BCUT2D eigenvalue weighted by molar-refractivity contribution is 0.123. The molecule has 1 aliphatic heterocycles. The number of rotatable bonds is 2. The van der Waals surface area contributed by atoms with E-state index in [1.165, 1.54) is 4.91 Å². The monoisotopic (exact) mass is 286 g/mol. The van der Waals surface area contributed by atoms with E-state index in [2.05, 4.69) is 11.1 Å². The summed E-state index contributed by atoms with van der Waals surface area (Å²) in [6.45, 7) is 6.09. The highest BCUT2D eigenvalue weighted by atomic mass is 32.2. The fourth-order valence-corrected chi connectivity index (χ4v) is 3.05. The maximum Gasteiger partial charge on any atom is 0.242 e. The molecule has 4 heteroatoms. The van der Waals surface area contributed by atoms with Crippen LogP contribution in [0.2, 0.25) is 0 Å². The normalized spacial score (nSPS) is 15.4. The van der Waals surface area contributed by atoms with Crippen LogP contribution in [0.25, 0.3) is 15.9 Å². The molecule has 0 bridgehead atoms. The molecule has 0 saturated heterocycles. The Morgan fingerprint density at radius 2 is 1.80 bits per heavy atom. The largest absolute Gasteiger partial charge is 0.470 e. The van der Waals surface area contributed by atoms with E-state index in [0.717, 1.165) is 28.9 Å². The molecule has 104 valence electrons. The zero-order chi connectivity index (χ0) is 14.2. The topological polar surface area (TPSA) is 35.0 Å². The molecule has 1 aliphatic rings. The molecular formula is C16H18N2OS. The number of ether oxygens (including phenoxy) is 1. The Labute approximate surface area is 123 Å². The number of hydrogen-bond donors (Lipinski definition) is 0. The van der Waals surface area contributed by atoms with Crippen molar-refractivity contribution >= 4 is 27.7 Å². The van der Waals surface area contributed by atoms with Crippen LogP contribution in [0.4, 0.5) is 0 Å². The maximum absolute atomic E-state index is 6.03. The fourth-order valence-electron chi connectivity index (χ4n) is 2.09. The van der Waals surface area contributed by atoms with Crippen LogP contribution in [-0.4, -0.2) is 21.3 Å². The molecule has 0 aliphatic carbocycles. The van der Waals surface area contributed by atoms with Gasteiger partial charge in [0.15, 0.2) is 0 Å². The quantitative estimate of drug-likeness (QED) is 0.825. The van der Waals surface area contributed by atoms with Crippen molar-refractivity contribution in [1.82, 2.24) is 9.97 Å². The van der Waals surface area contributed by atoms with Crippen LogP contribution >= 0.6 is 11.8 Å². The third kappa shape index (κ3) is 2.80. The zero-order valence-corrected chi connectivity index (χ0v) is 12.8. The predicted molar refractivity (Wildman–Crippen MR) is 85.0 cm³/mol. The number of hydrogen-bond acceptors (Lipinski definition) is 4. The molecule has 0 unspecified atom stereocenters. The molecule has 1 aromatic heterocycles. The van der Waals surface area contributed by atoms with Crippen LogP contribution in [0.1, 0.15) is 32.9 Å². The Morgan fingerprint density at radius 1 is 1.10 bits per heavy atom. The van der Waals surface area contributed by atoms with Crippen LogP contribution in [0.15, 0.2) is 30.3 Å². The Morgan fingerprint density at radius 3 is 2.40 bits per heavy atom. The number of nitrogens with zero attached hydrogens (tertiary/aromatic N) is 2. The Kier molecular flexibility index (Phi) is 3.42. The van der Waals surface area contributed by atoms with E-state index in [9.17, 15) is 0 Å². The molecule has 2 heterocycles. The van der Waals surface area contributed by atoms with Gasteiger partial charge in [-0.1, -0.05) is 18.2 Å². The molecule has 0 fully saturated rings. The van der Waals surface area contributed by atoms with Crippen LogP contribution in [0, 0.1) is 0 Å². The summed E-state index contributed by atoms with van der Waals surface area (Å²) in [5.41, 5.74) is 2.38. The zero-order valence-electron chi connectivity index (χ0n) is 12.0. The molecule has 0 saturated carbocycles. The van der Waals surface area contributed by atoms with Gasteiger partial charge in [0.25, 0.3) is 0 Å². The average Bonchev–Trinajstić information content (AvgIpc) is 2.89. The van der Waals surface area contributed by atoms with Crippen LogP contribution in [-0.2, 0) is 0 Å². The van der Waals surface area contributed by atoms with E-state index in [0.29, 0.717) is 5.88 Å². The van der Waals surface area contributed by atoms with Gasteiger partial charge in [0.1, 0.15) is 11.3 Å². The lowest BCUT2D eigenvalue weighted by Gasteiger charge is -2.22. The lowest BCUT2D eigenvalue weighted by Crippen LogP contribution is -2.24. The van der Waals surface area contributed by atoms with Gasteiger partial charge >= 0.3 is 0 Å². The third-order valence-corrected chi connectivity index (χ3v) is 3.99. The molecule has 0 atom stereocenters. The summed E-state index contributed by atoms with van der Waals surface area (Å²) >= 11 is 1.82. The number of thioether (sulfide) groups is 1. The molecule has 2 aromatic rings. The first kappa shape index (κ1) is 13.4. The van der Waals surface area contributed by atoms with Gasteiger partial charge in [-0.3, -0.25) is 0 Å². The molecule has 1 aromatic carbocycles. The van der Waals surface area contributed by atoms with Crippen LogP contribution < -0.4 is 4.74 Å². The van der Waals surface area contributed by atoms with Gasteiger partial charge < -0.3 is 4.74 Å². The van der Waals surface area contributed by atoms with Gasteiger partial charge in [-0.15, -0.1) is 11.8 Å². The van der Waals surface area contributed by atoms with Gasteiger partial charge in [0.2, 0.25) is 5.88 Å². The van der Waals surface area contributed by atoms with Gasteiger partial charge in [-0.2, -0.15) is 0 Å². The summed E-state index contributed by atoms with van der Waals surface area (Å²) in [6, 6.07) is 7.92. The third-order valence-electron chi connectivity index (χ3n) is 2.88. The second-order valence-corrected chi connectivity index (χ2v) is 6.92. The number of fused-ring (bicyclic) bond motifs is 1. The lowest BCUT2D eigenvalue weighted by atomic mass is 10.2. The first-order valence-electron chi connectivity index (χ1n) is 6.82. The molecule has 20 heavy (non-hydrogen) atoms. The standard InChI is InChI=1S/C16H18N2OS/c1-16(2,3)19-15-14(13-9-6-10-20-13)17-11-7-4-5-8-12(11)18-15/h4-5,7-9H,6,10H2,1-3H3. The molecular weight excluding hydrogens is 268 g/mol. The summed E-state index contributed by atoms with van der Waals surface area (Å²) in [5.74, 6) is 1.75. The molecule has 3 nitrogen and oxygen atoms in total. The summed E-state index contributed by atoms with van der Waals surface area (Å²) in [5, 5.41) is 0. The van der Waals surface area contributed by atoms with E-state index in [4.69, 9.17) is 9.72 Å². The summed E-state index contributed by atoms with van der Waals surface area (Å²) < 4.78 is 6.03. The van der Waals surface area contributed by atoms with E-state index < -0.39 is 0 Å². The number of aromatic nitrogens is 2. The maximum atomic E-state index is 6.03. The molecule has 0 N–H and O–H groups in total. The van der Waals surface area contributed by atoms with Crippen molar-refractivity contribution < 1.29 is 4.74 Å². The van der Waals surface area contributed by atoms with Crippen molar-refractivity contribution in [1.29, 1.82) is 0 Å². The fraction of sp³-hybridized carbons (Fsp3) is 0.375. The van der Waals surface area contributed by atoms with E-state index >= 15 is 0 Å². The first-order valence-corrected chi connectivity index (χ1v) is 7.81. The Hall–Kier alpha value is -1.55. The Bertz CT molecular complexity index is 674. The summed E-state index contributed by atoms with van der Waals surface area (Å²) in [4.78, 5) is 10.6. The van der Waals surface area contributed by atoms with E-state index in [-0.39, 0.29) is 5.60 Å². The predicted octanol–water partition coefficient (Wildman–Crippen LogP) is 4.28. The number of benzene rings is 1. The molecule has 0 radical (unpaired) electrons. The summed E-state index contributed by atoms with van der Waals surface area (Å²) in [7, 11) is 0. The smallest absolute Gasteiger partial charge is 0.242 e. The van der Waals surface area contributed by atoms with Crippen molar-refractivity contribution in [2.24, 2.45) is 0 Å². The van der Waals surface area contributed by atoms with Gasteiger partial charge in [-0.05, 0) is 39.3 Å². The van der Waals surface area contributed by atoms with E-state index in [1.807, 2.05) is 56.8 Å². The molecule has 3 rings (SSSR count). The SMILES string of the molecule is CC(C)(C)Oc1nc2ccccc2nc1C1=CCCS1. The highest BCUT2D eigenvalue weighted by Gasteiger charge is 2.21. The van der Waals surface area contributed by atoms with Gasteiger partial charge in [-0.25, -0.2) is 9.97 Å². The second kappa shape index (κ2) is 5.09. The average molecular weight is 286 g/mol. The summed E-state index contributed by atoms with van der Waals surface area (Å²) in [6.07, 6.45) is 3.31. The second-order valence-electron chi connectivity index (χ2n) is 5.79. The molecule has 0 spiro atoms. The van der Waals surface area contributed by atoms with E-state index in [1.54, 1.807) is 0 Å². The van der Waals surface area contributed by atoms with Crippen molar-refractivity contribution in [2.75, 3.05) is 5.75 Å². The number of para-hydroxylation sites is 2. The van der Waals surface area contributed by atoms with Crippen molar-refractivity contribution in [3.63, 3.8) is 0 Å². The minimum atomic E-state index is -0.282. The van der Waals surface area contributed by atoms with Crippen molar-refractivity contribution in [3.8, 4) is 5.88 Å². The highest BCUT2D eigenvalue weighted by Crippen LogP contribution is 2.38. The highest BCUT2D eigenvalue weighted by molar-refractivity contribution is 8.08. The van der Waals surface area contributed by atoms with Crippen LogP contribution in [0.3, 0.4) is 0 Å². The minimum absolute atomic E-state index is 0.282. The number of allylic oxidation sites excluding steroid dienone is 1. The van der Waals surface area contributed by atoms with Gasteiger partial charge in [0, 0.05) is 10.7 Å². The van der Waals surface area contributed by atoms with Crippen molar-refractivity contribution in [2.45, 2.75) is 32.8 Å². The van der Waals surface area contributed by atoms with Crippen LogP contribution in [0.5, 0.6) is 5.88 Å².